The minimum atomic E-state index is -0.550. The average molecular weight is 508 g/mol. The summed E-state index contributed by atoms with van der Waals surface area (Å²) in [7, 11) is 0. The third kappa shape index (κ3) is 3.52. The van der Waals surface area contributed by atoms with Gasteiger partial charge in [0.25, 0.3) is 0 Å². The molecule has 1 unspecified atom stereocenters. The van der Waals surface area contributed by atoms with Gasteiger partial charge in [-0.05, 0) is 98.2 Å². The first-order chi connectivity index (χ1) is 17.1. The number of ketones is 1. The molecule has 0 spiro atoms. The molecule has 0 aromatic heterocycles. The normalized spacial score (nSPS) is 43.8. The number of hydrogen-bond donors (Lipinski definition) is 3. The van der Waals surface area contributed by atoms with E-state index in [1.54, 1.807) is 13.0 Å². The second-order valence-corrected chi connectivity index (χ2v) is 14.2. The molecule has 5 aliphatic carbocycles. The first-order valence-corrected chi connectivity index (χ1v) is 14.2. The number of allylic oxidation sites excluding steroid dienone is 7. The summed E-state index contributed by atoms with van der Waals surface area (Å²) in [4.78, 5) is 26.0. The number of amides is 1. The van der Waals surface area contributed by atoms with Gasteiger partial charge in [0.05, 0.1) is 6.10 Å². The minimum absolute atomic E-state index is 0.0230. The van der Waals surface area contributed by atoms with Gasteiger partial charge in [0.15, 0.2) is 5.76 Å². The zero-order valence-corrected chi connectivity index (χ0v) is 23.8. The molecule has 0 aromatic carbocycles. The molecule has 7 atom stereocenters. The van der Waals surface area contributed by atoms with Crippen LogP contribution < -0.4 is 5.32 Å². The fraction of sp³-hybridized carbons (Fsp3) is 0.688. The number of rotatable bonds is 3. The Labute approximate surface area is 222 Å². The lowest BCUT2D eigenvalue weighted by Gasteiger charge is -2.70. The molecular formula is C32H45NO4. The van der Waals surface area contributed by atoms with Crippen molar-refractivity contribution >= 4 is 11.7 Å². The average Bonchev–Trinajstić information content (AvgIpc) is 2.84. The number of carbonyl (C=O) groups is 2. The second-order valence-electron chi connectivity index (χ2n) is 14.2. The smallest absolute Gasteiger partial charge is 0.226 e. The summed E-state index contributed by atoms with van der Waals surface area (Å²) in [6, 6.07) is 0. The van der Waals surface area contributed by atoms with Crippen molar-refractivity contribution in [2.75, 3.05) is 6.54 Å². The molecule has 5 rings (SSSR count). The van der Waals surface area contributed by atoms with Gasteiger partial charge < -0.3 is 15.5 Å². The van der Waals surface area contributed by atoms with Crippen LogP contribution in [-0.2, 0) is 9.59 Å². The Morgan fingerprint density at radius 1 is 1.05 bits per heavy atom. The predicted octanol–water partition coefficient (Wildman–Crippen LogP) is 6.11. The van der Waals surface area contributed by atoms with Crippen molar-refractivity contribution in [3.05, 3.63) is 46.3 Å². The van der Waals surface area contributed by atoms with Crippen molar-refractivity contribution in [1.29, 1.82) is 0 Å². The van der Waals surface area contributed by atoms with E-state index < -0.39 is 11.5 Å². The minimum Gasteiger partial charge on any atom is -0.504 e. The highest BCUT2D eigenvalue weighted by Crippen LogP contribution is 2.75. The van der Waals surface area contributed by atoms with Crippen LogP contribution in [0.1, 0.15) is 93.4 Å². The van der Waals surface area contributed by atoms with Crippen molar-refractivity contribution < 1.29 is 19.8 Å². The lowest BCUT2D eigenvalue weighted by molar-refractivity contribution is -0.169. The van der Waals surface area contributed by atoms with Crippen molar-refractivity contribution in [2.45, 2.75) is 99.5 Å². The van der Waals surface area contributed by atoms with Gasteiger partial charge in [-0.2, -0.15) is 0 Å². The Balaban J connectivity index is 1.55. The van der Waals surface area contributed by atoms with Gasteiger partial charge in [-0.1, -0.05) is 52.3 Å². The lowest BCUT2D eigenvalue weighted by atomic mass is 9.34. The molecule has 0 bridgehead atoms. The van der Waals surface area contributed by atoms with E-state index in [1.165, 1.54) is 5.57 Å². The Morgan fingerprint density at radius 2 is 1.73 bits per heavy atom. The molecule has 0 heterocycles. The number of fused-ring (bicyclic) bond motifs is 7. The second kappa shape index (κ2) is 8.18. The van der Waals surface area contributed by atoms with E-state index in [2.05, 4.69) is 52.1 Å². The van der Waals surface area contributed by atoms with Crippen LogP contribution in [0.25, 0.3) is 0 Å². The van der Waals surface area contributed by atoms with Crippen LogP contribution >= 0.6 is 0 Å². The fourth-order valence-electron chi connectivity index (χ4n) is 9.12. The van der Waals surface area contributed by atoms with Gasteiger partial charge >= 0.3 is 0 Å². The molecule has 0 aliphatic heterocycles. The Kier molecular flexibility index (Phi) is 5.85. The maximum absolute atomic E-state index is 13.4. The zero-order valence-electron chi connectivity index (χ0n) is 23.8. The van der Waals surface area contributed by atoms with Crippen molar-refractivity contribution in [3.8, 4) is 0 Å². The van der Waals surface area contributed by atoms with Crippen LogP contribution in [0, 0.1) is 33.0 Å². The molecule has 37 heavy (non-hydrogen) atoms. The van der Waals surface area contributed by atoms with Gasteiger partial charge in [-0.3, -0.25) is 9.59 Å². The van der Waals surface area contributed by atoms with E-state index in [9.17, 15) is 19.8 Å². The molecule has 202 valence electrons. The first-order valence-electron chi connectivity index (χ1n) is 14.2. The molecule has 1 amide bonds. The number of nitrogens with one attached hydrogen (secondary N) is 1. The molecule has 5 nitrogen and oxygen atoms in total. The van der Waals surface area contributed by atoms with E-state index in [-0.39, 0.29) is 39.1 Å². The Morgan fingerprint density at radius 3 is 2.41 bits per heavy atom. The largest absolute Gasteiger partial charge is 0.504 e. The highest BCUT2D eigenvalue weighted by Gasteiger charge is 2.67. The van der Waals surface area contributed by atoms with Gasteiger partial charge in [-0.15, -0.1) is 0 Å². The molecule has 0 saturated heterocycles. The van der Waals surface area contributed by atoms with Gasteiger partial charge in [-0.25, -0.2) is 0 Å². The quantitative estimate of drug-likeness (QED) is 0.430. The van der Waals surface area contributed by atoms with E-state index in [0.717, 1.165) is 56.1 Å². The third-order valence-corrected chi connectivity index (χ3v) is 12.0. The summed E-state index contributed by atoms with van der Waals surface area (Å²) in [5.41, 5.74) is 3.65. The van der Waals surface area contributed by atoms with Gasteiger partial charge in [0.2, 0.25) is 11.7 Å². The lowest BCUT2D eigenvalue weighted by Crippen LogP contribution is -2.62. The molecule has 0 radical (unpaired) electrons. The van der Waals surface area contributed by atoms with Crippen LogP contribution in [-0.4, -0.2) is 34.6 Å². The first kappa shape index (κ1) is 26.5. The van der Waals surface area contributed by atoms with Crippen LogP contribution in [0.2, 0.25) is 0 Å². The number of hydrogen-bond acceptors (Lipinski definition) is 4. The van der Waals surface area contributed by atoms with Crippen LogP contribution in [0.15, 0.2) is 46.3 Å². The van der Waals surface area contributed by atoms with E-state index in [0.29, 0.717) is 18.0 Å². The van der Waals surface area contributed by atoms with Crippen LogP contribution in [0.4, 0.5) is 0 Å². The van der Waals surface area contributed by atoms with Crippen LogP contribution in [0.5, 0.6) is 0 Å². The zero-order chi connectivity index (χ0) is 27.2. The SMILES string of the molecule is CC1=C(O)C(=O)C=C2C1=CC=C1[C@@]2(C)CC[C@@]2(C)[C@@H]3C[C@](C)(C(=O)NCC(C)O)CC[C@]3(C)CC[C@]12C. The molecule has 0 aromatic rings. The van der Waals surface area contributed by atoms with Crippen molar-refractivity contribution in [3.63, 3.8) is 0 Å². The summed E-state index contributed by atoms with van der Waals surface area (Å²) < 4.78 is 0. The predicted molar refractivity (Wildman–Crippen MR) is 146 cm³/mol. The highest BCUT2D eigenvalue weighted by atomic mass is 16.3. The number of carbonyl (C=O) groups excluding carboxylic acids is 2. The monoisotopic (exact) mass is 507 g/mol. The molecule has 5 heteroatoms. The molecule has 3 saturated carbocycles. The molecule has 3 N–H and O–H groups in total. The summed E-state index contributed by atoms with van der Waals surface area (Å²) in [5.74, 6) is 0.0573. The molecule has 3 fully saturated rings. The highest BCUT2D eigenvalue weighted by molar-refractivity contribution is 6.06. The topological polar surface area (TPSA) is 86.6 Å². The summed E-state index contributed by atoms with van der Waals surface area (Å²) >= 11 is 0. The summed E-state index contributed by atoms with van der Waals surface area (Å²) in [6.45, 7) is 15.7. The number of aliphatic hydroxyl groups excluding tert-OH is 2. The van der Waals surface area contributed by atoms with Crippen LogP contribution in [0.3, 0.4) is 0 Å². The van der Waals surface area contributed by atoms with E-state index >= 15 is 0 Å². The molecular weight excluding hydrogens is 462 g/mol. The Bertz CT molecular complexity index is 1190. The Hall–Kier alpha value is -2.14. The molecule has 5 aliphatic rings. The van der Waals surface area contributed by atoms with Crippen molar-refractivity contribution in [2.24, 2.45) is 33.0 Å². The number of aliphatic hydroxyl groups is 2. The van der Waals surface area contributed by atoms with Crippen molar-refractivity contribution in [1.82, 2.24) is 5.32 Å². The third-order valence-electron chi connectivity index (χ3n) is 12.0. The van der Waals surface area contributed by atoms with E-state index in [4.69, 9.17) is 0 Å². The van der Waals surface area contributed by atoms with Gasteiger partial charge in [0.1, 0.15) is 0 Å². The fourth-order valence-corrected chi connectivity index (χ4v) is 9.12. The summed E-state index contributed by atoms with van der Waals surface area (Å²) in [5, 5.41) is 23.1. The van der Waals surface area contributed by atoms with E-state index in [1.807, 2.05) is 6.92 Å². The maximum Gasteiger partial charge on any atom is 0.226 e. The maximum atomic E-state index is 13.4. The van der Waals surface area contributed by atoms with Gasteiger partial charge in [0, 0.05) is 22.9 Å². The summed E-state index contributed by atoms with van der Waals surface area (Å²) in [6.07, 6.45) is 12.6. The standard InChI is InChI=1S/C32H45NO4/c1-19(34)18-33-27(37)29(4)11-10-28(3)12-14-31(6)24-9-8-21-20(2)26(36)23(35)16-22(21)30(24,5)13-15-32(31,7)25(28)17-29/h8-9,16,19,25,34,36H,10-15,17-18H2,1-7H3,(H,33,37)/t19?,25-,28-,29-,30+,31-,32+/m1/s1.